The van der Waals surface area contributed by atoms with E-state index in [-0.39, 0.29) is 22.8 Å². The lowest BCUT2D eigenvalue weighted by Gasteiger charge is -2.16. The molecular formula is C20H23NO6. The van der Waals surface area contributed by atoms with E-state index < -0.39 is 17.9 Å². The molecule has 0 bridgehead atoms. The maximum absolute atomic E-state index is 12.6. The molecule has 2 aromatic rings. The lowest BCUT2D eigenvalue weighted by Crippen LogP contribution is -2.24. The first-order valence-corrected chi connectivity index (χ1v) is 8.26. The fourth-order valence-electron chi connectivity index (χ4n) is 2.45. The van der Waals surface area contributed by atoms with Gasteiger partial charge in [0.25, 0.3) is 0 Å². The summed E-state index contributed by atoms with van der Waals surface area (Å²) in [4.78, 5) is 26.8. The van der Waals surface area contributed by atoms with Gasteiger partial charge in [-0.05, 0) is 43.3 Å². The van der Waals surface area contributed by atoms with Gasteiger partial charge in [0.2, 0.25) is 11.5 Å². The third kappa shape index (κ3) is 4.49. The molecule has 0 radical (unpaired) electrons. The Hall–Kier alpha value is -3.22. The molecule has 7 nitrogen and oxygen atoms in total. The molecule has 0 heterocycles. The molecule has 27 heavy (non-hydrogen) atoms. The van der Waals surface area contributed by atoms with Gasteiger partial charge in [0, 0.05) is 25.3 Å². The molecule has 0 saturated heterocycles. The maximum Gasteiger partial charge on any atom is 0.338 e. The van der Waals surface area contributed by atoms with Crippen LogP contribution in [0, 0.1) is 0 Å². The SMILES string of the molecule is COc1cc(C(=O)C(C)OC(=O)c2ccc(N(C)C)cc2)cc(OC)c1O. The molecule has 0 aromatic heterocycles. The second kappa shape index (κ2) is 8.44. The van der Waals surface area contributed by atoms with Crippen molar-refractivity contribution in [2.24, 2.45) is 0 Å². The van der Waals surface area contributed by atoms with Crippen molar-refractivity contribution in [1.29, 1.82) is 0 Å². The van der Waals surface area contributed by atoms with E-state index in [9.17, 15) is 14.7 Å². The fourth-order valence-corrected chi connectivity index (χ4v) is 2.45. The molecule has 7 heteroatoms. The highest BCUT2D eigenvalue weighted by Gasteiger charge is 2.23. The molecule has 0 amide bonds. The van der Waals surface area contributed by atoms with E-state index in [0.717, 1.165) is 5.69 Å². The summed E-state index contributed by atoms with van der Waals surface area (Å²) in [5, 5.41) is 9.94. The van der Waals surface area contributed by atoms with Crippen LogP contribution in [0.2, 0.25) is 0 Å². The first-order chi connectivity index (χ1) is 12.8. The van der Waals surface area contributed by atoms with Crippen LogP contribution in [0.3, 0.4) is 0 Å². The van der Waals surface area contributed by atoms with Crippen LogP contribution in [0.5, 0.6) is 17.2 Å². The summed E-state index contributed by atoms with van der Waals surface area (Å²) in [5.74, 6) is -1.06. The number of anilines is 1. The smallest absolute Gasteiger partial charge is 0.338 e. The van der Waals surface area contributed by atoms with E-state index in [0.29, 0.717) is 5.56 Å². The third-order valence-electron chi connectivity index (χ3n) is 4.04. The molecule has 0 aliphatic carbocycles. The quantitative estimate of drug-likeness (QED) is 0.590. The molecule has 1 atom stereocenters. The zero-order valence-corrected chi connectivity index (χ0v) is 16.0. The van der Waals surface area contributed by atoms with Crippen molar-refractivity contribution in [2.75, 3.05) is 33.2 Å². The number of aromatic hydroxyl groups is 1. The van der Waals surface area contributed by atoms with Crippen molar-refractivity contribution in [1.82, 2.24) is 0 Å². The van der Waals surface area contributed by atoms with Crippen LogP contribution in [0.25, 0.3) is 0 Å². The van der Waals surface area contributed by atoms with Gasteiger partial charge in [-0.2, -0.15) is 0 Å². The molecule has 2 aromatic carbocycles. The standard InChI is InChI=1S/C20H23NO6/c1-12(27-20(24)13-6-8-15(9-7-13)21(2)3)18(22)14-10-16(25-4)19(23)17(11-14)26-5/h6-12,23H,1-5H3. The van der Waals surface area contributed by atoms with Gasteiger partial charge in [0.15, 0.2) is 17.6 Å². The van der Waals surface area contributed by atoms with Crippen LogP contribution in [0.1, 0.15) is 27.6 Å². The Kier molecular flexibility index (Phi) is 6.28. The first kappa shape index (κ1) is 20.1. The van der Waals surface area contributed by atoms with Gasteiger partial charge in [-0.3, -0.25) is 4.79 Å². The topological polar surface area (TPSA) is 85.3 Å². The number of phenols is 1. The van der Waals surface area contributed by atoms with Crippen molar-refractivity contribution >= 4 is 17.4 Å². The van der Waals surface area contributed by atoms with Crippen LogP contribution in [-0.4, -0.2) is 51.3 Å². The zero-order valence-electron chi connectivity index (χ0n) is 16.0. The van der Waals surface area contributed by atoms with Gasteiger partial charge in [-0.1, -0.05) is 0 Å². The summed E-state index contributed by atoms with van der Waals surface area (Å²) in [7, 11) is 6.52. The number of Topliss-reactive ketones (excluding diaryl/α,β-unsaturated/α-hetero) is 1. The molecular weight excluding hydrogens is 350 g/mol. The Balaban J connectivity index is 2.16. The van der Waals surface area contributed by atoms with Crippen molar-refractivity contribution in [2.45, 2.75) is 13.0 Å². The summed E-state index contributed by atoms with van der Waals surface area (Å²) < 4.78 is 15.4. The number of ketones is 1. The normalized spacial score (nSPS) is 11.4. The number of phenolic OH excluding ortho intramolecular Hbond substituents is 1. The van der Waals surface area contributed by atoms with Gasteiger partial charge in [-0.25, -0.2) is 4.79 Å². The van der Waals surface area contributed by atoms with Gasteiger partial charge in [0.1, 0.15) is 0 Å². The van der Waals surface area contributed by atoms with Crippen molar-refractivity contribution in [3.8, 4) is 17.2 Å². The van der Waals surface area contributed by atoms with Crippen molar-refractivity contribution < 1.29 is 28.9 Å². The van der Waals surface area contributed by atoms with Crippen molar-refractivity contribution in [3.63, 3.8) is 0 Å². The lowest BCUT2D eigenvalue weighted by atomic mass is 10.1. The van der Waals surface area contributed by atoms with Crippen molar-refractivity contribution in [3.05, 3.63) is 47.5 Å². The van der Waals surface area contributed by atoms with E-state index in [1.54, 1.807) is 24.3 Å². The summed E-state index contributed by atoms with van der Waals surface area (Å²) in [5.41, 5.74) is 1.49. The van der Waals surface area contributed by atoms with E-state index in [1.165, 1.54) is 33.3 Å². The Bertz CT molecular complexity index is 804. The molecule has 0 spiro atoms. The lowest BCUT2D eigenvalue weighted by molar-refractivity contribution is 0.0318. The predicted octanol–water partition coefficient (Wildman–Crippen LogP) is 2.90. The predicted molar refractivity (Wildman–Crippen MR) is 101 cm³/mol. The van der Waals surface area contributed by atoms with Crippen LogP contribution >= 0.6 is 0 Å². The average Bonchev–Trinajstić information content (AvgIpc) is 2.67. The number of hydrogen-bond donors (Lipinski definition) is 1. The fraction of sp³-hybridized carbons (Fsp3) is 0.300. The number of benzene rings is 2. The summed E-state index contributed by atoms with van der Waals surface area (Å²) in [6, 6.07) is 9.60. The highest BCUT2D eigenvalue weighted by Crippen LogP contribution is 2.37. The molecule has 1 N–H and O–H groups in total. The molecule has 2 rings (SSSR count). The number of rotatable bonds is 7. The number of carbonyl (C=O) groups is 2. The summed E-state index contributed by atoms with van der Waals surface area (Å²) in [6.07, 6.45) is -1.02. The van der Waals surface area contributed by atoms with Crippen LogP contribution < -0.4 is 14.4 Å². The van der Waals surface area contributed by atoms with Gasteiger partial charge in [0.05, 0.1) is 19.8 Å². The molecule has 1 unspecified atom stereocenters. The molecule has 0 fully saturated rings. The Morgan fingerprint density at radius 2 is 1.48 bits per heavy atom. The van der Waals surface area contributed by atoms with E-state index >= 15 is 0 Å². The molecule has 0 aliphatic heterocycles. The number of ether oxygens (including phenoxy) is 3. The van der Waals surface area contributed by atoms with E-state index in [2.05, 4.69) is 0 Å². The van der Waals surface area contributed by atoms with Crippen LogP contribution in [-0.2, 0) is 4.74 Å². The number of esters is 1. The van der Waals surface area contributed by atoms with Gasteiger partial charge < -0.3 is 24.2 Å². The second-order valence-electron chi connectivity index (χ2n) is 6.08. The average molecular weight is 373 g/mol. The van der Waals surface area contributed by atoms with Gasteiger partial charge >= 0.3 is 5.97 Å². The molecule has 0 saturated carbocycles. The zero-order chi connectivity index (χ0) is 20.1. The van der Waals surface area contributed by atoms with E-state index in [4.69, 9.17) is 14.2 Å². The second-order valence-corrected chi connectivity index (χ2v) is 6.08. The Morgan fingerprint density at radius 3 is 1.93 bits per heavy atom. The van der Waals surface area contributed by atoms with Crippen LogP contribution in [0.4, 0.5) is 5.69 Å². The Labute approximate surface area is 158 Å². The van der Waals surface area contributed by atoms with Crippen LogP contribution in [0.15, 0.2) is 36.4 Å². The number of methoxy groups -OCH3 is 2. The molecule has 144 valence electrons. The highest BCUT2D eigenvalue weighted by molar-refractivity contribution is 6.02. The third-order valence-corrected chi connectivity index (χ3v) is 4.04. The number of carbonyl (C=O) groups excluding carboxylic acids is 2. The summed E-state index contributed by atoms with van der Waals surface area (Å²) in [6.45, 7) is 1.49. The summed E-state index contributed by atoms with van der Waals surface area (Å²) >= 11 is 0. The highest BCUT2D eigenvalue weighted by atomic mass is 16.5. The minimum Gasteiger partial charge on any atom is -0.502 e. The Morgan fingerprint density at radius 1 is 0.963 bits per heavy atom. The largest absolute Gasteiger partial charge is 0.502 e. The molecule has 0 aliphatic rings. The van der Waals surface area contributed by atoms with E-state index in [1.807, 2.05) is 19.0 Å². The van der Waals surface area contributed by atoms with Gasteiger partial charge in [-0.15, -0.1) is 0 Å². The first-order valence-electron chi connectivity index (χ1n) is 8.26. The maximum atomic E-state index is 12.6. The minimum atomic E-state index is -1.02. The number of hydrogen-bond acceptors (Lipinski definition) is 7. The number of nitrogens with zero attached hydrogens (tertiary/aromatic N) is 1. The monoisotopic (exact) mass is 373 g/mol. The minimum absolute atomic E-state index is 0.0931.